The second-order valence-electron chi connectivity index (χ2n) is 4.56. The first kappa shape index (κ1) is 13.1. The van der Waals surface area contributed by atoms with E-state index in [2.05, 4.69) is 15.5 Å². The summed E-state index contributed by atoms with van der Waals surface area (Å²) in [6.07, 6.45) is 1.66. The lowest BCUT2D eigenvalue weighted by Gasteiger charge is -1.97. The predicted octanol–water partition coefficient (Wildman–Crippen LogP) is 4.10. The molecule has 21 heavy (non-hydrogen) atoms. The van der Waals surface area contributed by atoms with Gasteiger partial charge in [0.05, 0.1) is 11.9 Å². The number of nitrogens with zero attached hydrogens (tertiary/aromatic N) is 2. The molecule has 0 aliphatic rings. The highest BCUT2D eigenvalue weighted by Gasteiger charge is 2.09. The highest BCUT2D eigenvalue weighted by Crippen LogP contribution is 2.20. The topological polar surface area (TPSA) is 50.4 Å². The van der Waals surface area contributed by atoms with Gasteiger partial charge in [0.2, 0.25) is 5.89 Å². The van der Waals surface area contributed by atoms with Gasteiger partial charge in [-0.3, -0.25) is 5.43 Å². The van der Waals surface area contributed by atoms with Crippen LogP contribution in [0.15, 0.2) is 70.2 Å². The fourth-order valence-electron chi connectivity index (χ4n) is 1.91. The molecular weight excluding hydrogens is 262 g/mol. The van der Waals surface area contributed by atoms with Crippen LogP contribution in [0.5, 0.6) is 0 Å². The molecule has 0 unspecified atom stereocenters. The SMILES string of the molecule is Cc1oc(-c2ccccc2)nc1C=NNc1ccccc1. The number of hydrazone groups is 1. The van der Waals surface area contributed by atoms with E-state index in [4.69, 9.17) is 4.42 Å². The van der Waals surface area contributed by atoms with Gasteiger partial charge in [-0.05, 0) is 31.2 Å². The molecule has 0 fully saturated rings. The molecule has 3 rings (SSSR count). The molecule has 4 nitrogen and oxygen atoms in total. The Morgan fingerprint density at radius 2 is 1.67 bits per heavy atom. The zero-order valence-corrected chi connectivity index (χ0v) is 11.7. The summed E-state index contributed by atoms with van der Waals surface area (Å²) >= 11 is 0. The Balaban J connectivity index is 1.76. The minimum atomic E-state index is 0.606. The van der Waals surface area contributed by atoms with Crippen molar-refractivity contribution in [2.45, 2.75) is 6.92 Å². The van der Waals surface area contributed by atoms with Crippen LogP contribution in [0.25, 0.3) is 11.5 Å². The van der Waals surface area contributed by atoms with E-state index in [1.165, 1.54) is 0 Å². The molecule has 1 aromatic heterocycles. The van der Waals surface area contributed by atoms with E-state index in [-0.39, 0.29) is 0 Å². The Morgan fingerprint density at radius 3 is 2.38 bits per heavy atom. The molecule has 3 aromatic rings. The van der Waals surface area contributed by atoms with Crippen LogP contribution in [0.2, 0.25) is 0 Å². The van der Waals surface area contributed by atoms with Crippen LogP contribution < -0.4 is 5.43 Å². The smallest absolute Gasteiger partial charge is 0.226 e. The number of aryl methyl sites for hydroxylation is 1. The van der Waals surface area contributed by atoms with Gasteiger partial charge in [-0.1, -0.05) is 36.4 Å². The molecule has 0 atom stereocenters. The number of rotatable bonds is 4. The summed E-state index contributed by atoms with van der Waals surface area (Å²) in [6, 6.07) is 19.6. The monoisotopic (exact) mass is 277 g/mol. The van der Waals surface area contributed by atoms with E-state index in [1.54, 1.807) is 6.21 Å². The van der Waals surface area contributed by atoms with Gasteiger partial charge >= 0.3 is 0 Å². The van der Waals surface area contributed by atoms with Gasteiger partial charge in [-0.2, -0.15) is 5.10 Å². The van der Waals surface area contributed by atoms with E-state index in [0.29, 0.717) is 5.89 Å². The van der Waals surface area contributed by atoms with Crippen molar-refractivity contribution in [3.05, 3.63) is 72.1 Å². The molecule has 2 aromatic carbocycles. The number of hydrogen-bond acceptors (Lipinski definition) is 4. The third-order valence-electron chi connectivity index (χ3n) is 3.01. The molecule has 4 heteroatoms. The van der Waals surface area contributed by atoms with Crippen LogP contribution in [0.4, 0.5) is 5.69 Å². The zero-order chi connectivity index (χ0) is 14.5. The fourth-order valence-corrected chi connectivity index (χ4v) is 1.91. The third kappa shape index (κ3) is 3.17. The number of para-hydroxylation sites is 1. The summed E-state index contributed by atoms with van der Waals surface area (Å²) in [5.74, 6) is 1.35. The highest BCUT2D eigenvalue weighted by molar-refractivity contribution is 5.79. The molecule has 0 amide bonds. The summed E-state index contributed by atoms with van der Waals surface area (Å²) in [6.45, 7) is 1.88. The van der Waals surface area contributed by atoms with E-state index in [1.807, 2.05) is 67.6 Å². The fraction of sp³-hybridized carbons (Fsp3) is 0.0588. The lowest BCUT2D eigenvalue weighted by molar-refractivity contribution is 0.542. The average Bonchev–Trinajstić information content (AvgIpc) is 2.91. The molecule has 104 valence electrons. The average molecular weight is 277 g/mol. The molecule has 0 aliphatic carbocycles. The molecular formula is C17H15N3O. The van der Waals surface area contributed by atoms with Crippen LogP contribution in [0, 0.1) is 6.92 Å². The lowest BCUT2D eigenvalue weighted by Crippen LogP contribution is -1.91. The van der Waals surface area contributed by atoms with Crippen molar-refractivity contribution in [3.63, 3.8) is 0 Å². The molecule has 1 heterocycles. The predicted molar refractivity (Wildman–Crippen MR) is 84.3 cm³/mol. The summed E-state index contributed by atoms with van der Waals surface area (Å²) < 4.78 is 5.67. The van der Waals surface area contributed by atoms with E-state index in [0.717, 1.165) is 22.7 Å². The van der Waals surface area contributed by atoms with Gasteiger partial charge in [0, 0.05) is 5.56 Å². The first-order valence-corrected chi connectivity index (χ1v) is 6.70. The third-order valence-corrected chi connectivity index (χ3v) is 3.01. The molecule has 0 aliphatic heterocycles. The number of benzene rings is 2. The summed E-state index contributed by atoms with van der Waals surface area (Å²) in [5, 5.41) is 4.18. The van der Waals surface area contributed by atoms with Crippen molar-refractivity contribution in [2.24, 2.45) is 5.10 Å². The highest BCUT2D eigenvalue weighted by atomic mass is 16.4. The number of hydrogen-bond donors (Lipinski definition) is 1. The van der Waals surface area contributed by atoms with E-state index >= 15 is 0 Å². The normalized spacial score (nSPS) is 10.9. The Labute approximate surface area is 123 Å². The molecule has 0 saturated carbocycles. The van der Waals surface area contributed by atoms with Crippen molar-refractivity contribution in [2.75, 3.05) is 5.43 Å². The number of oxazole rings is 1. The quantitative estimate of drug-likeness (QED) is 0.577. The lowest BCUT2D eigenvalue weighted by atomic mass is 10.2. The van der Waals surface area contributed by atoms with Crippen molar-refractivity contribution in [3.8, 4) is 11.5 Å². The van der Waals surface area contributed by atoms with Gasteiger partial charge in [0.25, 0.3) is 0 Å². The van der Waals surface area contributed by atoms with E-state index < -0.39 is 0 Å². The van der Waals surface area contributed by atoms with Crippen LogP contribution in [-0.4, -0.2) is 11.2 Å². The first-order valence-electron chi connectivity index (χ1n) is 6.70. The largest absolute Gasteiger partial charge is 0.441 e. The van der Waals surface area contributed by atoms with Crippen molar-refractivity contribution >= 4 is 11.9 Å². The van der Waals surface area contributed by atoms with Crippen LogP contribution >= 0.6 is 0 Å². The van der Waals surface area contributed by atoms with Gasteiger partial charge in [-0.25, -0.2) is 4.98 Å². The van der Waals surface area contributed by atoms with Crippen LogP contribution in [0.3, 0.4) is 0 Å². The molecule has 0 saturated heterocycles. The van der Waals surface area contributed by atoms with Crippen LogP contribution in [0.1, 0.15) is 11.5 Å². The van der Waals surface area contributed by atoms with Gasteiger partial charge in [-0.15, -0.1) is 0 Å². The maximum Gasteiger partial charge on any atom is 0.226 e. The van der Waals surface area contributed by atoms with E-state index in [9.17, 15) is 0 Å². The number of anilines is 1. The zero-order valence-electron chi connectivity index (χ0n) is 11.7. The number of aromatic nitrogens is 1. The minimum Gasteiger partial charge on any atom is -0.441 e. The second-order valence-corrected chi connectivity index (χ2v) is 4.56. The first-order chi connectivity index (χ1) is 10.3. The Morgan fingerprint density at radius 1 is 1.00 bits per heavy atom. The molecule has 0 radical (unpaired) electrons. The maximum absolute atomic E-state index is 5.67. The van der Waals surface area contributed by atoms with Crippen molar-refractivity contribution in [1.82, 2.24) is 4.98 Å². The van der Waals surface area contributed by atoms with Gasteiger partial charge in [0.1, 0.15) is 11.5 Å². The molecule has 0 bridgehead atoms. The van der Waals surface area contributed by atoms with Crippen molar-refractivity contribution < 1.29 is 4.42 Å². The number of nitrogens with one attached hydrogen (secondary N) is 1. The van der Waals surface area contributed by atoms with Crippen molar-refractivity contribution in [1.29, 1.82) is 0 Å². The Hall–Kier alpha value is -2.88. The summed E-state index contributed by atoms with van der Waals surface area (Å²) in [4.78, 5) is 4.46. The Kier molecular flexibility index (Phi) is 3.78. The van der Waals surface area contributed by atoms with Gasteiger partial charge in [0.15, 0.2) is 0 Å². The standard InChI is InChI=1S/C17H15N3O/c1-13-16(12-18-20-15-10-6-3-7-11-15)19-17(21-13)14-8-4-2-5-9-14/h2-12,20H,1H3. The minimum absolute atomic E-state index is 0.606. The second kappa shape index (κ2) is 6.05. The summed E-state index contributed by atoms with van der Waals surface area (Å²) in [5.41, 5.74) is 5.56. The molecule has 1 N–H and O–H groups in total. The van der Waals surface area contributed by atoms with Gasteiger partial charge < -0.3 is 4.42 Å². The maximum atomic E-state index is 5.67. The summed E-state index contributed by atoms with van der Waals surface area (Å²) in [7, 11) is 0. The Bertz CT molecular complexity index is 733. The molecule has 0 spiro atoms. The van der Waals surface area contributed by atoms with Crippen LogP contribution in [-0.2, 0) is 0 Å².